The minimum absolute atomic E-state index is 0.219. The van der Waals surface area contributed by atoms with Crippen LogP contribution in [0.25, 0.3) is 5.69 Å². The van der Waals surface area contributed by atoms with Gasteiger partial charge in [-0.2, -0.15) is 5.10 Å². The van der Waals surface area contributed by atoms with Gasteiger partial charge >= 0.3 is 0 Å². The molecule has 8 heteroatoms. The highest BCUT2D eigenvalue weighted by atomic mass is 79.9. The summed E-state index contributed by atoms with van der Waals surface area (Å²) in [7, 11) is 0. The Kier molecular flexibility index (Phi) is 4.87. The molecule has 0 spiro atoms. The van der Waals surface area contributed by atoms with Gasteiger partial charge in [0.05, 0.1) is 28.3 Å². The Balaban J connectivity index is 1.60. The van der Waals surface area contributed by atoms with Crippen molar-refractivity contribution >= 4 is 39.1 Å². The van der Waals surface area contributed by atoms with Crippen molar-refractivity contribution in [3.63, 3.8) is 0 Å². The van der Waals surface area contributed by atoms with Gasteiger partial charge in [0.2, 0.25) is 0 Å². The molecule has 148 valence electrons. The topological polar surface area (TPSA) is 85.3 Å². The molecule has 1 aromatic heterocycles. The van der Waals surface area contributed by atoms with Gasteiger partial charge in [-0.15, -0.1) is 0 Å². The van der Waals surface area contributed by atoms with Gasteiger partial charge in [-0.3, -0.25) is 9.59 Å². The van der Waals surface area contributed by atoms with Crippen LogP contribution in [0.5, 0.6) is 5.75 Å². The van der Waals surface area contributed by atoms with Crippen molar-refractivity contribution in [1.29, 1.82) is 0 Å². The summed E-state index contributed by atoms with van der Waals surface area (Å²) in [6.07, 6.45) is -0.544. The van der Waals surface area contributed by atoms with Crippen molar-refractivity contribution in [3.8, 4) is 11.4 Å². The molecule has 2 amide bonds. The monoisotopic (exact) mass is 454 g/mol. The maximum atomic E-state index is 12.9. The lowest BCUT2D eigenvalue weighted by atomic mass is 10.1. The summed E-state index contributed by atoms with van der Waals surface area (Å²) < 4.78 is 8.27. The van der Waals surface area contributed by atoms with E-state index in [1.165, 1.54) is 0 Å². The number of aryl methyl sites for hydroxylation is 1. The number of halogens is 1. The average molecular weight is 455 g/mol. The summed E-state index contributed by atoms with van der Waals surface area (Å²) in [5.41, 5.74) is 3.85. The Labute approximate surface area is 176 Å². The number of anilines is 2. The number of fused-ring (bicyclic) bond motifs is 1. The van der Waals surface area contributed by atoms with Crippen LogP contribution in [0.1, 0.15) is 28.7 Å². The zero-order chi connectivity index (χ0) is 20.7. The first-order valence-electron chi connectivity index (χ1n) is 9.08. The smallest absolute Gasteiger partial charge is 0.265 e. The Morgan fingerprint density at radius 3 is 2.66 bits per heavy atom. The third-order valence-electron chi connectivity index (χ3n) is 4.76. The van der Waals surface area contributed by atoms with E-state index in [2.05, 4.69) is 31.7 Å². The van der Waals surface area contributed by atoms with Crippen LogP contribution in [0.15, 0.2) is 46.9 Å². The van der Waals surface area contributed by atoms with Crippen LogP contribution in [0.4, 0.5) is 11.4 Å². The summed E-state index contributed by atoms with van der Waals surface area (Å²) in [6.45, 7) is 5.35. The van der Waals surface area contributed by atoms with E-state index in [1.807, 2.05) is 31.2 Å². The van der Waals surface area contributed by atoms with E-state index in [1.54, 1.807) is 36.7 Å². The predicted molar refractivity (Wildman–Crippen MR) is 114 cm³/mol. The molecule has 0 saturated heterocycles. The van der Waals surface area contributed by atoms with Gasteiger partial charge in [0.15, 0.2) is 6.10 Å². The Hall–Kier alpha value is -3.13. The minimum Gasteiger partial charge on any atom is -0.479 e. The predicted octanol–water partition coefficient (Wildman–Crippen LogP) is 4.22. The van der Waals surface area contributed by atoms with Crippen LogP contribution in [0, 0.1) is 13.8 Å². The molecular formula is C21H19BrN4O3. The fraction of sp³-hybridized carbons (Fsp3) is 0.190. The Bertz CT molecular complexity index is 1120. The molecule has 0 aliphatic carbocycles. The molecule has 2 heterocycles. The van der Waals surface area contributed by atoms with Crippen LogP contribution in [0.2, 0.25) is 0 Å². The highest BCUT2D eigenvalue weighted by Gasteiger charge is 2.24. The zero-order valence-corrected chi connectivity index (χ0v) is 17.7. The lowest BCUT2D eigenvalue weighted by Gasteiger charge is -2.23. The van der Waals surface area contributed by atoms with Crippen molar-refractivity contribution in [2.75, 3.05) is 10.6 Å². The minimum atomic E-state index is -0.544. The van der Waals surface area contributed by atoms with Crippen LogP contribution in [-0.2, 0) is 4.79 Å². The molecule has 1 unspecified atom stereocenters. The second kappa shape index (κ2) is 7.36. The maximum Gasteiger partial charge on any atom is 0.265 e. The molecule has 0 saturated carbocycles. The van der Waals surface area contributed by atoms with E-state index in [0.717, 1.165) is 15.9 Å². The quantitative estimate of drug-likeness (QED) is 0.620. The number of hydrogen-bond donors (Lipinski definition) is 2. The van der Waals surface area contributed by atoms with Crippen molar-refractivity contribution in [2.24, 2.45) is 0 Å². The van der Waals surface area contributed by atoms with E-state index in [4.69, 9.17) is 4.74 Å². The molecule has 2 aromatic carbocycles. The number of benzene rings is 2. The molecule has 1 aliphatic heterocycles. The Morgan fingerprint density at radius 1 is 1.21 bits per heavy atom. The molecule has 0 fully saturated rings. The summed E-state index contributed by atoms with van der Waals surface area (Å²) >= 11 is 3.42. The number of nitrogens with one attached hydrogen (secondary N) is 2. The van der Waals surface area contributed by atoms with Gasteiger partial charge in [0.25, 0.3) is 11.8 Å². The second-order valence-electron chi connectivity index (χ2n) is 6.85. The van der Waals surface area contributed by atoms with Crippen molar-refractivity contribution in [2.45, 2.75) is 26.9 Å². The van der Waals surface area contributed by atoms with Gasteiger partial charge in [0, 0.05) is 10.2 Å². The van der Waals surface area contributed by atoms with Crippen molar-refractivity contribution in [1.82, 2.24) is 9.78 Å². The van der Waals surface area contributed by atoms with Crippen molar-refractivity contribution in [3.05, 3.63) is 63.9 Å². The number of ether oxygens (including phenoxy) is 1. The number of aromatic nitrogens is 2. The molecule has 3 aromatic rings. The highest BCUT2D eigenvalue weighted by Crippen LogP contribution is 2.32. The molecule has 0 radical (unpaired) electrons. The molecule has 1 aliphatic rings. The van der Waals surface area contributed by atoms with Gasteiger partial charge < -0.3 is 15.4 Å². The van der Waals surface area contributed by atoms with Crippen LogP contribution in [0.3, 0.4) is 0 Å². The molecule has 0 bridgehead atoms. The first-order chi connectivity index (χ1) is 13.8. The largest absolute Gasteiger partial charge is 0.479 e. The summed E-state index contributed by atoms with van der Waals surface area (Å²) in [6, 6.07) is 12.9. The van der Waals surface area contributed by atoms with E-state index in [0.29, 0.717) is 28.4 Å². The number of hydrogen-bond acceptors (Lipinski definition) is 4. The number of rotatable bonds is 3. The molecule has 29 heavy (non-hydrogen) atoms. The standard InChI is InChI=1S/C21H19BrN4O3/c1-11-19(12(2)26(25-11)16-7-4-14(22)5-8-16)21(28)23-15-6-9-18-17(10-15)24-20(27)13(3)29-18/h4-10,13H,1-3H3,(H,23,28)(H,24,27). The lowest BCUT2D eigenvalue weighted by molar-refractivity contribution is -0.122. The molecule has 1 atom stereocenters. The molecular weight excluding hydrogens is 436 g/mol. The van der Waals surface area contributed by atoms with Gasteiger partial charge in [0.1, 0.15) is 5.75 Å². The maximum absolute atomic E-state index is 12.9. The third-order valence-corrected chi connectivity index (χ3v) is 5.29. The van der Waals surface area contributed by atoms with Gasteiger partial charge in [-0.05, 0) is 63.2 Å². The summed E-state index contributed by atoms with van der Waals surface area (Å²) in [5, 5.41) is 10.2. The lowest BCUT2D eigenvalue weighted by Crippen LogP contribution is -2.34. The summed E-state index contributed by atoms with van der Waals surface area (Å²) in [5.74, 6) is 0.0914. The molecule has 2 N–H and O–H groups in total. The van der Waals surface area contributed by atoms with E-state index in [-0.39, 0.29) is 11.8 Å². The number of amides is 2. The summed E-state index contributed by atoms with van der Waals surface area (Å²) in [4.78, 5) is 24.8. The molecule has 4 rings (SSSR count). The first kappa shape index (κ1) is 19.2. The second-order valence-corrected chi connectivity index (χ2v) is 7.76. The SMILES string of the molecule is Cc1nn(-c2ccc(Br)cc2)c(C)c1C(=O)Nc1ccc2c(c1)NC(=O)C(C)O2. The Morgan fingerprint density at radius 2 is 1.93 bits per heavy atom. The van der Waals surface area contributed by atoms with E-state index < -0.39 is 6.10 Å². The highest BCUT2D eigenvalue weighted by molar-refractivity contribution is 9.10. The van der Waals surface area contributed by atoms with Crippen LogP contribution < -0.4 is 15.4 Å². The molecule has 7 nitrogen and oxygen atoms in total. The van der Waals surface area contributed by atoms with Gasteiger partial charge in [-0.1, -0.05) is 15.9 Å². The third kappa shape index (κ3) is 3.63. The number of carbonyl (C=O) groups excluding carboxylic acids is 2. The normalized spacial score (nSPS) is 15.3. The number of carbonyl (C=O) groups is 2. The number of nitrogens with zero attached hydrogens (tertiary/aromatic N) is 2. The fourth-order valence-electron chi connectivity index (χ4n) is 3.29. The van der Waals surface area contributed by atoms with E-state index >= 15 is 0 Å². The van der Waals surface area contributed by atoms with Crippen LogP contribution in [-0.4, -0.2) is 27.7 Å². The first-order valence-corrected chi connectivity index (χ1v) is 9.88. The van der Waals surface area contributed by atoms with E-state index in [9.17, 15) is 9.59 Å². The van der Waals surface area contributed by atoms with Crippen LogP contribution >= 0.6 is 15.9 Å². The van der Waals surface area contributed by atoms with Crippen molar-refractivity contribution < 1.29 is 14.3 Å². The zero-order valence-electron chi connectivity index (χ0n) is 16.1. The fourth-order valence-corrected chi connectivity index (χ4v) is 3.55. The van der Waals surface area contributed by atoms with Gasteiger partial charge in [-0.25, -0.2) is 4.68 Å². The average Bonchev–Trinajstić information content (AvgIpc) is 2.98.